The summed E-state index contributed by atoms with van der Waals surface area (Å²) in [7, 11) is 0. The number of nitrogens with zero attached hydrogens (tertiary/aromatic N) is 2. The van der Waals surface area contributed by atoms with Crippen LogP contribution in [0.5, 0.6) is 11.5 Å². The molecule has 1 unspecified atom stereocenters. The fourth-order valence-corrected chi connectivity index (χ4v) is 8.77. The first kappa shape index (κ1) is 23.1. The first-order chi connectivity index (χ1) is 18.5. The van der Waals surface area contributed by atoms with Crippen molar-refractivity contribution < 1.29 is 19.7 Å². The first-order valence-electron chi connectivity index (χ1n) is 14.5. The van der Waals surface area contributed by atoms with Gasteiger partial charge in [0.05, 0.1) is 17.1 Å². The highest BCUT2D eigenvalue weighted by Gasteiger charge is 2.73. The highest BCUT2D eigenvalue weighted by atomic mass is 16.5. The van der Waals surface area contributed by atoms with Gasteiger partial charge >= 0.3 is 0 Å². The van der Waals surface area contributed by atoms with E-state index < -0.39 is 11.0 Å². The minimum atomic E-state index is -0.915. The quantitative estimate of drug-likeness (QED) is 0.598. The maximum atomic E-state index is 13.7. The average Bonchev–Trinajstić information content (AvgIpc) is 3.56. The summed E-state index contributed by atoms with van der Waals surface area (Å²) in [6, 6.07) is 14.0. The van der Waals surface area contributed by atoms with Gasteiger partial charge < -0.3 is 19.8 Å². The summed E-state index contributed by atoms with van der Waals surface area (Å²) in [5, 5.41) is 23.6. The third-order valence-corrected chi connectivity index (χ3v) is 10.7. The number of phenolic OH excluding ortho intramolecular Hbond substituents is 1. The molecule has 6 aliphatic rings. The zero-order chi connectivity index (χ0) is 25.6. The highest BCUT2D eigenvalue weighted by Crippen LogP contribution is 2.66. The number of phenols is 1. The molecule has 4 fully saturated rings. The molecule has 0 aromatic heterocycles. The van der Waals surface area contributed by atoms with Crippen LogP contribution in [-0.2, 0) is 23.1 Å². The Morgan fingerprint density at radius 3 is 2.71 bits per heavy atom. The molecule has 1 spiro atoms. The number of carbonyl (C=O) groups is 1. The molecular formula is C32H36N2O4. The van der Waals surface area contributed by atoms with Crippen LogP contribution in [0.15, 0.2) is 54.1 Å². The number of piperidine rings is 1. The van der Waals surface area contributed by atoms with Gasteiger partial charge in [-0.05, 0) is 81.0 Å². The Morgan fingerprint density at radius 2 is 1.89 bits per heavy atom. The minimum Gasteiger partial charge on any atom is -0.504 e. The molecule has 2 saturated carbocycles. The van der Waals surface area contributed by atoms with Crippen molar-refractivity contribution in [1.29, 1.82) is 0 Å². The smallest absolute Gasteiger partial charge is 0.249 e. The molecule has 2 aromatic rings. The van der Waals surface area contributed by atoms with Gasteiger partial charge in [0.15, 0.2) is 11.5 Å². The summed E-state index contributed by atoms with van der Waals surface area (Å²) < 4.78 is 6.70. The molecule has 5 atom stereocenters. The number of hydrogen-bond donors (Lipinski definition) is 2. The lowest BCUT2D eigenvalue weighted by Crippen LogP contribution is -2.78. The maximum absolute atomic E-state index is 13.7. The van der Waals surface area contributed by atoms with E-state index in [4.69, 9.17) is 4.74 Å². The average molecular weight is 513 g/mol. The van der Waals surface area contributed by atoms with Gasteiger partial charge in [0.25, 0.3) is 0 Å². The van der Waals surface area contributed by atoms with Gasteiger partial charge in [0.2, 0.25) is 5.91 Å². The van der Waals surface area contributed by atoms with Crippen molar-refractivity contribution in [2.45, 2.75) is 80.6 Å². The van der Waals surface area contributed by atoms with E-state index in [0.717, 1.165) is 62.2 Å². The second kappa shape index (κ2) is 8.09. The van der Waals surface area contributed by atoms with Crippen molar-refractivity contribution in [1.82, 2.24) is 9.80 Å². The molecule has 3 aliphatic heterocycles. The summed E-state index contributed by atoms with van der Waals surface area (Å²) in [4.78, 5) is 18.3. The number of likely N-dealkylation sites (tertiary alicyclic amines) is 2. The zero-order valence-electron chi connectivity index (χ0n) is 21.8. The number of ether oxygens (including phenoxy) is 1. The molecule has 198 valence electrons. The molecule has 2 N–H and O–H groups in total. The fourth-order valence-electron chi connectivity index (χ4n) is 8.77. The van der Waals surface area contributed by atoms with Crippen molar-refractivity contribution >= 4 is 5.91 Å². The number of rotatable bonds is 5. The Balaban J connectivity index is 1.15. The van der Waals surface area contributed by atoms with Crippen LogP contribution in [-0.4, -0.2) is 69.3 Å². The van der Waals surface area contributed by atoms with Crippen LogP contribution in [0, 0.1) is 5.92 Å². The van der Waals surface area contributed by atoms with E-state index in [2.05, 4.69) is 23.1 Å². The third-order valence-electron chi connectivity index (χ3n) is 10.7. The minimum absolute atomic E-state index is 0.0579. The molecule has 0 radical (unpaired) electrons. The van der Waals surface area contributed by atoms with E-state index in [0.29, 0.717) is 18.7 Å². The molecule has 8 rings (SSSR count). The Bertz CT molecular complexity index is 1340. The summed E-state index contributed by atoms with van der Waals surface area (Å²) in [6.07, 6.45) is 8.82. The van der Waals surface area contributed by atoms with Gasteiger partial charge in [-0.2, -0.15) is 0 Å². The van der Waals surface area contributed by atoms with Crippen molar-refractivity contribution in [3.05, 3.63) is 70.8 Å². The molecule has 38 heavy (non-hydrogen) atoms. The fraction of sp³-hybridized carbons (Fsp3) is 0.531. The Kier molecular flexibility index (Phi) is 4.92. The van der Waals surface area contributed by atoms with Gasteiger partial charge in [-0.15, -0.1) is 0 Å². The number of allylic oxidation sites excluding steroid dienone is 1. The van der Waals surface area contributed by atoms with E-state index in [1.165, 1.54) is 24.0 Å². The van der Waals surface area contributed by atoms with E-state index in [9.17, 15) is 15.0 Å². The number of hydrogen-bond acceptors (Lipinski definition) is 5. The third kappa shape index (κ3) is 3.05. The number of aliphatic hydroxyl groups is 1. The summed E-state index contributed by atoms with van der Waals surface area (Å²) in [5.41, 5.74) is 2.82. The van der Waals surface area contributed by atoms with Crippen LogP contribution in [0.1, 0.15) is 55.2 Å². The monoisotopic (exact) mass is 512 g/mol. The molecule has 6 heteroatoms. The van der Waals surface area contributed by atoms with Gasteiger partial charge in [-0.3, -0.25) is 9.69 Å². The van der Waals surface area contributed by atoms with E-state index in [1.807, 2.05) is 29.2 Å². The number of amides is 1. The van der Waals surface area contributed by atoms with E-state index in [1.54, 1.807) is 6.07 Å². The van der Waals surface area contributed by atoms with Crippen LogP contribution in [0.4, 0.5) is 0 Å². The molecule has 2 aromatic carbocycles. The molecule has 2 saturated heterocycles. The Labute approximate surface area is 223 Å². The van der Waals surface area contributed by atoms with Gasteiger partial charge in [0, 0.05) is 30.3 Å². The predicted molar refractivity (Wildman–Crippen MR) is 143 cm³/mol. The normalized spacial score (nSPS) is 36.4. The second-order valence-corrected chi connectivity index (χ2v) is 12.6. The highest BCUT2D eigenvalue weighted by molar-refractivity contribution is 5.96. The van der Waals surface area contributed by atoms with Crippen molar-refractivity contribution in [2.75, 3.05) is 19.6 Å². The lowest BCUT2D eigenvalue weighted by atomic mass is 9.48. The van der Waals surface area contributed by atoms with Gasteiger partial charge in [-0.25, -0.2) is 0 Å². The van der Waals surface area contributed by atoms with Crippen LogP contribution >= 0.6 is 0 Å². The topological polar surface area (TPSA) is 73.2 Å². The summed E-state index contributed by atoms with van der Waals surface area (Å²) >= 11 is 0. The molecule has 3 heterocycles. The summed E-state index contributed by atoms with van der Waals surface area (Å²) in [6.45, 7) is 2.68. The van der Waals surface area contributed by atoms with Gasteiger partial charge in [0.1, 0.15) is 6.10 Å². The SMILES string of the molecule is O=C1C(=CCc2ccccc2)CCN1[C@@H]1CCC2(O)[C@H]3Cc4ccc(O)c5c4[C@@]2(CCN3CC2CC2)[C@H]1O5. The van der Waals surface area contributed by atoms with E-state index in [-0.39, 0.29) is 29.8 Å². The molecular weight excluding hydrogens is 476 g/mol. The van der Waals surface area contributed by atoms with Crippen LogP contribution in [0.2, 0.25) is 0 Å². The molecule has 2 bridgehead atoms. The van der Waals surface area contributed by atoms with Crippen molar-refractivity contribution in [3.8, 4) is 11.5 Å². The number of aromatic hydroxyl groups is 1. The number of benzene rings is 2. The Hall–Kier alpha value is -2.83. The summed E-state index contributed by atoms with van der Waals surface area (Å²) in [5.74, 6) is 1.58. The molecule has 3 aliphatic carbocycles. The van der Waals surface area contributed by atoms with Crippen LogP contribution < -0.4 is 4.74 Å². The lowest BCUT2D eigenvalue weighted by Gasteiger charge is -2.64. The van der Waals surface area contributed by atoms with Crippen LogP contribution in [0.3, 0.4) is 0 Å². The van der Waals surface area contributed by atoms with Crippen LogP contribution in [0.25, 0.3) is 0 Å². The maximum Gasteiger partial charge on any atom is 0.249 e. The van der Waals surface area contributed by atoms with Crippen molar-refractivity contribution in [2.24, 2.45) is 5.92 Å². The second-order valence-electron chi connectivity index (χ2n) is 12.6. The first-order valence-corrected chi connectivity index (χ1v) is 14.5. The van der Waals surface area contributed by atoms with E-state index >= 15 is 0 Å². The lowest BCUT2D eigenvalue weighted by molar-refractivity contribution is -0.200. The zero-order valence-corrected chi connectivity index (χ0v) is 21.8. The number of carbonyl (C=O) groups excluding carboxylic acids is 1. The Morgan fingerprint density at radius 1 is 1.05 bits per heavy atom. The van der Waals surface area contributed by atoms with Crippen molar-refractivity contribution in [3.63, 3.8) is 0 Å². The van der Waals surface area contributed by atoms with Gasteiger partial charge in [-0.1, -0.05) is 42.5 Å². The molecule has 6 nitrogen and oxygen atoms in total. The largest absolute Gasteiger partial charge is 0.504 e. The standard InChI is InChI=1S/C32H36N2O4/c35-25-11-10-23-18-26-32(37)14-12-24(34-16-13-22(30(34)36)9-8-20-4-2-1-3-5-20)29-31(32,27(23)28(25)38-29)15-17-33(26)19-21-6-7-21/h1-5,9-11,21,24,26,29,35,37H,6-8,12-19H2/t24-,26-,29+,31+,32?/m1/s1. The predicted octanol–water partition coefficient (Wildman–Crippen LogP) is 3.73. The molecule has 1 amide bonds.